The molecule has 8 heteroatoms. The molecule has 110 valence electrons. The Morgan fingerprint density at radius 2 is 2.24 bits per heavy atom. The number of amides is 1. The van der Waals surface area contributed by atoms with Gasteiger partial charge in [-0.3, -0.25) is 14.5 Å². The minimum Gasteiger partial charge on any atom is -0.504 e. The zero-order valence-corrected chi connectivity index (χ0v) is 12.5. The SMILES string of the molecule is COc1ccc(/C=C2\SC(=S)N(CC(=O)O)C2=O)cc1O. The van der Waals surface area contributed by atoms with Gasteiger partial charge in [0.25, 0.3) is 5.91 Å². The summed E-state index contributed by atoms with van der Waals surface area (Å²) in [6.45, 7) is -0.462. The third kappa shape index (κ3) is 3.34. The Morgan fingerprint density at radius 3 is 2.81 bits per heavy atom. The first-order valence-corrected chi connectivity index (χ1v) is 6.99. The maximum absolute atomic E-state index is 12.1. The lowest BCUT2D eigenvalue weighted by atomic mass is 10.2. The number of methoxy groups -OCH3 is 1. The molecule has 21 heavy (non-hydrogen) atoms. The first kappa shape index (κ1) is 15.3. The van der Waals surface area contributed by atoms with Crippen LogP contribution in [0.15, 0.2) is 23.1 Å². The molecule has 1 amide bonds. The Hall–Kier alpha value is -2.06. The quantitative estimate of drug-likeness (QED) is 0.643. The fourth-order valence-electron chi connectivity index (χ4n) is 1.72. The maximum Gasteiger partial charge on any atom is 0.323 e. The lowest BCUT2D eigenvalue weighted by Crippen LogP contribution is -2.33. The van der Waals surface area contributed by atoms with E-state index in [1.54, 1.807) is 18.2 Å². The van der Waals surface area contributed by atoms with E-state index in [2.05, 4.69) is 0 Å². The summed E-state index contributed by atoms with van der Waals surface area (Å²) in [5.74, 6) is -1.31. The lowest BCUT2D eigenvalue weighted by molar-refractivity contribution is -0.140. The van der Waals surface area contributed by atoms with Crippen LogP contribution in [0.25, 0.3) is 6.08 Å². The summed E-state index contributed by atoms with van der Waals surface area (Å²) >= 11 is 6.02. The van der Waals surface area contributed by atoms with Crippen LogP contribution >= 0.6 is 24.0 Å². The van der Waals surface area contributed by atoms with Crippen molar-refractivity contribution < 1.29 is 24.5 Å². The van der Waals surface area contributed by atoms with Crippen LogP contribution < -0.4 is 4.74 Å². The van der Waals surface area contributed by atoms with E-state index in [-0.39, 0.29) is 10.1 Å². The molecule has 0 atom stereocenters. The number of thioether (sulfide) groups is 1. The zero-order valence-electron chi connectivity index (χ0n) is 10.9. The Labute approximate surface area is 130 Å². The largest absolute Gasteiger partial charge is 0.504 e. The molecule has 1 aromatic carbocycles. The van der Waals surface area contributed by atoms with E-state index < -0.39 is 18.4 Å². The minimum absolute atomic E-state index is 0.0488. The first-order valence-electron chi connectivity index (χ1n) is 5.76. The van der Waals surface area contributed by atoms with Crippen LogP contribution in [0, 0.1) is 0 Å². The molecule has 1 heterocycles. The molecule has 1 fully saturated rings. The predicted octanol–water partition coefficient (Wildman–Crippen LogP) is 1.69. The van der Waals surface area contributed by atoms with E-state index in [0.717, 1.165) is 16.7 Å². The molecule has 1 aliphatic rings. The Balaban J connectivity index is 2.26. The Kier molecular flexibility index (Phi) is 4.49. The smallest absolute Gasteiger partial charge is 0.323 e. The van der Waals surface area contributed by atoms with Gasteiger partial charge in [-0.25, -0.2) is 0 Å². The molecule has 0 aromatic heterocycles. The highest BCUT2D eigenvalue weighted by Crippen LogP contribution is 2.34. The average Bonchev–Trinajstić information content (AvgIpc) is 2.66. The maximum atomic E-state index is 12.1. The normalized spacial score (nSPS) is 16.6. The van der Waals surface area contributed by atoms with Crippen molar-refractivity contribution in [1.82, 2.24) is 4.90 Å². The zero-order chi connectivity index (χ0) is 15.6. The van der Waals surface area contributed by atoms with Crippen molar-refractivity contribution in [2.45, 2.75) is 0 Å². The van der Waals surface area contributed by atoms with Crippen molar-refractivity contribution >= 4 is 46.3 Å². The van der Waals surface area contributed by atoms with Gasteiger partial charge in [-0.2, -0.15) is 0 Å². The van der Waals surface area contributed by atoms with Crippen molar-refractivity contribution in [2.75, 3.05) is 13.7 Å². The van der Waals surface area contributed by atoms with Crippen molar-refractivity contribution in [3.8, 4) is 11.5 Å². The highest BCUT2D eigenvalue weighted by atomic mass is 32.2. The van der Waals surface area contributed by atoms with Gasteiger partial charge < -0.3 is 14.9 Å². The summed E-state index contributed by atoms with van der Waals surface area (Å²) in [7, 11) is 1.44. The molecule has 1 aromatic rings. The van der Waals surface area contributed by atoms with Gasteiger partial charge in [-0.1, -0.05) is 30.0 Å². The number of carbonyl (C=O) groups is 2. The second kappa shape index (κ2) is 6.15. The molecule has 0 radical (unpaired) electrons. The van der Waals surface area contributed by atoms with Crippen LogP contribution in [0.2, 0.25) is 0 Å². The van der Waals surface area contributed by atoms with Gasteiger partial charge in [0.2, 0.25) is 0 Å². The standard InChI is InChI=1S/C13H11NO5S2/c1-19-9-3-2-7(4-8(9)15)5-10-12(18)14(6-11(16)17)13(20)21-10/h2-5,15H,6H2,1H3,(H,16,17)/b10-5-. The molecule has 0 unspecified atom stereocenters. The summed E-state index contributed by atoms with van der Waals surface area (Å²) in [6.07, 6.45) is 1.54. The predicted molar refractivity (Wildman–Crippen MR) is 82.2 cm³/mol. The molecule has 0 spiro atoms. The van der Waals surface area contributed by atoms with E-state index in [9.17, 15) is 14.7 Å². The number of aromatic hydroxyl groups is 1. The summed E-state index contributed by atoms with van der Waals surface area (Å²) < 4.78 is 5.13. The number of carboxylic acids is 1. The molecule has 1 saturated heterocycles. The Bertz CT molecular complexity index is 656. The van der Waals surface area contributed by atoms with Crippen molar-refractivity contribution in [3.05, 3.63) is 28.7 Å². The summed E-state index contributed by atoms with van der Waals surface area (Å²) in [5, 5.41) is 18.4. The molecular weight excluding hydrogens is 314 g/mol. The molecule has 6 nitrogen and oxygen atoms in total. The first-order chi connectivity index (χ1) is 9.92. The number of rotatable bonds is 4. The van der Waals surface area contributed by atoms with E-state index >= 15 is 0 Å². The average molecular weight is 325 g/mol. The van der Waals surface area contributed by atoms with E-state index in [1.807, 2.05) is 0 Å². The molecule has 2 N–H and O–H groups in total. The number of aliphatic carboxylic acids is 1. The Morgan fingerprint density at radius 1 is 1.52 bits per heavy atom. The monoisotopic (exact) mass is 325 g/mol. The molecule has 1 aliphatic heterocycles. The number of phenolic OH excluding ortho intramolecular Hbond substituents is 1. The van der Waals surface area contributed by atoms with E-state index in [4.69, 9.17) is 22.1 Å². The van der Waals surface area contributed by atoms with E-state index in [1.165, 1.54) is 13.2 Å². The number of benzene rings is 1. The molecule has 0 aliphatic carbocycles. The summed E-state index contributed by atoms with van der Waals surface area (Å²) in [4.78, 5) is 24.1. The molecular formula is C13H11NO5S2. The summed E-state index contributed by atoms with van der Waals surface area (Å²) in [5.41, 5.74) is 0.587. The number of carbonyl (C=O) groups excluding carboxylic acids is 1. The second-order valence-corrected chi connectivity index (χ2v) is 5.77. The number of phenols is 1. The van der Waals surface area contributed by atoms with Crippen molar-refractivity contribution in [2.24, 2.45) is 0 Å². The van der Waals surface area contributed by atoms with Crippen LogP contribution in [0.4, 0.5) is 0 Å². The van der Waals surface area contributed by atoms with Crippen LogP contribution in [0.3, 0.4) is 0 Å². The number of ether oxygens (including phenoxy) is 1. The van der Waals surface area contributed by atoms with Crippen LogP contribution in [-0.2, 0) is 9.59 Å². The molecule has 0 bridgehead atoms. The summed E-state index contributed by atoms with van der Waals surface area (Å²) in [6, 6.07) is 4.68. The highest BCUT2D eigenvalue weighted by Gasteiger charge is 2.33. The van der Waals surface area contributed by atoms with Crippen molar-refractivity contribution in [3.63, 3.8) is 0 Å². The minimum atomic E-state index is -1.13. The highest BCUT2D eigenvalue weighted by molar-refractivity contribution is 8.26. The fourth-order valence-corrected chi connectivity index (χ4v) is 2.97. The van der Waals surface area contributed by atoms with Gasteiger partial charge in [0.1, 0.15) is 10.9 Å². The van der Waals surface area contributed by atoms with Crippen LogP contribution in [0.1, 0.15) is 5.56 Å². The van der Waals surface area contributed by atoms with Gasteiger partial charge in [0.15, 0.2) is 11.5 Å². The van der Waals surface area contributed by atoms with E-state index in [0.29, 0.717) is 16.2 Å². The number of thiocarbonyl (C=S) groups is 1. The number of nitrogens with zero attached hydrogens (tertiary/aromatic N) is 1. The van der Waals surface area contributed by atoms with Gasteiger partial charge in [0, 0.05) is 0 Å². The third-order valence-corrected chi connectivity index (χ3v) is 4.05. The van der Waals surface area contributed by atoms with Gasteiger partial charge in [-0.05, 0) is 23.8 Å². The lowest BCUT2D eigenvalue weighted by Gasteiger charge is -2.10. The fraction of sp³-hybridized carbons (Fsp3) is 0.154. The number of hydrogen-bond acceptors (Lipinski definition) is 6. The van der Waals surface area contributed by atoms with Crippen LogP contribution in [0.5, 0.6) is 11.5 Å². The topological polar surface area (TPSA) is 87.1 Å². The second-order valence-electron chi connectivity index (χ2n) is 4.09. The van der Waals surface area contributed by atoms with Crippen LogP contribution in [-0.4, -0.2) is 45.0 Å². The number of hydrogen-bond donors (Lipinski definition) is 2. The molecule has 0 saturated carbocycles. The van der Waals surface area contributed by atoms with Gasteiger partial charge in [-0.15, -0.1) is 0 Å². The molecule has 2 rings (SSSR count). The number of carboxylic acid groups (broad SMARTS) is 1. The third-order valence-electron chi connectivity index (χ3n) is 2.67. The van der Waals surface area contributed by atoms with Gasteiger partial charge >= 0.3 is 5.97 Å². The van der Waals surface area contributed by atoms with Crippen molar-refractivity contribution in [1.29, 1.82) is 0 Å². The van der Waals surface area contributed by atoms with Gasteiger partial charge in [0.05, 0.1) is 12.0 Å².